The van der Waals surface area contributed by atoms with Crippen molar-refractivity contribution in [1.82, 2.24) is 9.80 Å². The summed E-state index contributed by atoms with van der Waals surface area (Å²) in [5.41, 5.74) is 0.959. The third-order valence-corrected chi connectivity index (χ3v) is 5.60. The zero-order chi connectivity index (χ0) is 17.2. The van der Waals surface area contributed by atoms with Crippen LogP contribution < -0.4 is 0 Å². The second-order valence-electron chi connectivity index (χ2n) is 8.01. The van der Waals surface area contributed by atoms with Gasteiger partial charge in [-0.1, -0.05) is 30.3 Å². The summed E-state index contributed by atoms with van der Waals surface area (Å²) in [5.74, 6) is 0.297. The van der Waals surface area contributed by atoms with Crippen molar-refractivity contribution < 1.29 is 9.53 Å². The Morgan fingerprint density at radius 3 is 2.12 bits per heavy atom. The van der Waals surface area contributed by atoms with Crippen molar-refractivity contribution in [3.05, 3.63) is 35.9 Å². The van der Waals surface area contributed by atoms with Crippen molar-refractivity contribution >= 4 is 5.91 Å². The summed E-state index contributed by atoms with van der Waals surface area (Å²) < 4.78 is 5.44. The highest BCUT2D eigenvalue weighted by molar-refractivity contribution is 5.88. The van der Waals surface area contributed by atoms with Crippen LogP contribution in [0.25, 0.3) is 0 Å². The topological polar surface area (TPSA) is 32.8 Å². The summed E-state index contributed by atoms with van der Waals surface area (Å²) in [6.45, 7) is 11.5. The van der Waals surface area contributed by atoms with E-state index in [0.29, 0.717) is 19.1 Å². The maximum Gasteiger partial charge on any atom is 0.233 e. The Hall–Kier alpha value is -1.39. The third kappa shape index (κ3) is 3.35. The smallest absolute Gasteiger partial charge is 0.233 e. The molecule has 0 atom stereocenters. The first-order chi connectivity index (χ1) is 11.4. The van der Waals surface area contributed by atoms with Crippen LogP contribution in [0.1, 0.15) is 39.2 Å². The van der Waals surface area contributed by atoms with Crippen molar-refractivity contribution in [3.8, 4) is 0 Å². The SMILES string of the molecule is CC(C)(C)N1CCC(C(=O)N2CCOCC2)(c2ccccc2)CC1. The molecule has 2 aliphatic rings. The Bertz CT molecular complexity index is 551. The fourth-order valence-corrected chi connectivity index (χ4v) is 4.01. The van der Waals surface area contributed by atoms with E-state index < -0.39 is 0 Å². The fraction of sp³-hybridized carbons (Fsp3) is 0.650. The minimum atomic E-state index is -0.375. The summed E-state index contributed by atoms with van der Waals surface area (Å²) in [6.07, 6.45) is 1.79. The van der Waals surface area contributed by atoms with Gasteiger partial charge in [0.25, 0.3) is 0 Å². The standard InChI is InChI=1S/C20H30N2O2/c1-19(2,3)22-11-9-20(10-12-22,17-7-5-4-6-8-17)18(23)21-13-15-24-16-14-21/h4-8H,9-16H2,1-3H3. The van der Waals surface area contributed by atoms with Gasteiger partial charge in [0.1, 0.15) is 0 Å². The number of nitrogens with zero attached hydrogens (tertiary/aromatic N) is 2. The molecule has 1 amide bonds. The number of hydrogen-bond acceptors (Lipinski definition) is 3. The molecule has 0 radical (unpaired) electrons. The molecule has 2 saturated heterocycles. The van der Waals surface area contributed by atoms with E-state index in [2.05, 4.69) is 49.9 Å². The molecule has 0 aliphatic carbocycles. The minimum Gasteiger partial charge on any atom is -0.378 e. The Morgan fingerprint density at radius 2 is 1.58 bits per heavy atom. The van der Waals surface area contributed by atoms with Gasteiger partial charge in [0, 0.05) is 31.7 Å². The number of rotatable bonds is 2. The van der Waals surface area contributed by atoms with Crippen molar-refractivity contribution in [2.24, 2.45) is 0 Å². The second kappa shape index (κ2) is 6.85. The van der Waals surface area contributed by atoms with E-state index in [1.165, 1.54) is 5.56 Å². The Kier molecular flexibility index (Phi) is 4.97. The van der Waals surface area contributed by atoms with Gasteiger partial charge >= 0.3 is 0 Å². The molecule has 1 aromatic carbocycles. The van der Waals surface area contributed by atoms with Crippen LogP contribution in [-0.2, 0) is 14.9 Å². The maximum absolute atomic E-state index is 13.5. The molecule has 0 N–H and O–H groups in total. The molecule has 0 aromatic heterocycles. The monoisotopic (exact) mass is 330 g/mol. The number of hydrogen-bond donors (Lipinski definition) is 0. The van der Waals surface area contributed by atoms with E-state index in [1.54, 1.807) is 0 Å². The van der Waals surface area contributed by atoms with Crippen molar-refractivity contribution in [1.29, 1.82) is 0 Å². The molecular formula is C20H30N2O2. The normalized spacial score (nSPS) is 22.4. The minimum absolute atomic E-state index is 0.158. The van der Waals surface area contributed by atoms with Crippen molar-refractivity contribution in [2.75, 3.05) is 39.4 Å². The highest BCUT2D eigenvalue weighted by atomic mass is 16.5. The number of carbonyl (C=O) groups is 1. The molecule has 2 aliphatic heterocycles. The number of amides is 1. The zero-order valence-electron chi connectivity index (χ0n) is 15.3. The van der Waals surface area contributed by atoms with E-state index >= 15 is 0 Å². The molecule has 24 heavy (non-hydrogen) atoms. The third-order valence-electron chi connectivity index (χ3n) is 5.60. The van der Waals surface area contributed by atoms with Gasteiger partial charge < -0.3 is 9.64 Å². The molecule has 0 spiro atoms. The summed E-state index contributed by atoms with van der Waals surface area (Å²) in [6, 6.07) is 10.4. The predicted molar refractivity (Wildman–Crippen MR) is 96.1 cm³/mol. The number of piperidine rings is 1. The van der Waals surface area contributed by atoms with Gasteiger partial charge in [-0.2, -0.15) is 0 Å². The Balaban J connectivity index is 1.87. The predicted octanol–water partition coefficient (Wildman–Crippen LogP) is 2.68. The fourth-order valence-electron chi connectivity index (χ4n) is 4.01. The largest absolute Gasteiger partial charge is 0.378 e. The number of carbonyl (C=O) groups excluding carboxylic acids is 1. The molecule has 1 aromatic rings. The Labute approximate surface area is 145 Å². The number of ether oxygens (including phenoxy) is 1. The van der Waals surface area contributed by atoms with Crippen LogP contribution in [0, 0.1) is 0 Å². The van der Waals surface area contributed by atoms with E-state index in [9.17, 15) is 4.79 Å². The van der Waals surface area contributed by atoms with E-state index in [-0.39, 0.29) is 11.0 Å². The summed E-state index contributed by atoms with van der Waals surface area (Å²) in [5, 5.41) is 0. The number of benzene rings is 1. The average Bonchev–Trinajstić information content (AvgIpc) is 2.62. The highest BCUT2D eigenvalue weighted by Crippen LogP contribution is 2.39. The van der Waals surface area contributed by atoms with Crippen LogP contribution in [0.4, 0.5) is 0 Å². The van der Waals surface area contributed by atoms with Crippen LogP contribution in [0.15, 0.2) is 30.3 Å². The van der Waals surface area contributed by atoms with E-state index in [0.717, 1.165) is 39.0 Å². The van der Waals surface area contributed by atoms with Gasteiger partial charge in [-0.25, -0.2) is 0 Å². The summed E-state index contributed by atoms with van der Waals surface area (Å²) in [7, 11) is 0. The lowest BCUT2D eigenvalue weighted by molar-refractivity contribution is -0.144. The van der Waals surface area contributed by atoms with E-state index in [1.807, 2.05) is 11.0 Å². The molecular weight excluding hydrogens is 300 g/mol. The molecule has 2 heterocycles. The molecule has 0 bridgehead atoms. The van der Waals surface area contributed by atoms with Crippen LogP contribution in [-0.4, -0.2) is 60.6 Å². The zero-order valence-corrected chi connectivity index (χ0v) is 15.3. The van der Waals surface area contributed by atoms with Gasteiger partial charge in [-0.15, -0.1) is 0 Å². The van der Waals surface area contributed by atoms with Crippen LogP contribution in [0.5, 0.6) is 0 Å². The summed E-state index contributed by atoms with van der Waals surface area (Å²) >= 11 is 0. The quantitative estimate of drug-likeness (QED) is 0.836. The lowest BCUT2D eigenvalue weighted by Gasteiger charge is -2.47. The highest BCUT2D eigenvalue weighted by Gasteiger charge is 2.46. The van der Waals surface area contributed by atoms with Gasteiger partial charge in [0.05, 0.1) is 18.6 Å². The molecule has 0 unspecified atom stereocenters. The molecule has 4 nitrogen and oxygen atoms in total. The van der Waals surface area contributed by atoms with Crippen molar-refractivity contribution in [2.45, 2.75) is 44.6 Å². The number of likely N-dealkylation sites (tertiary alicyclic amines) is 1. The Morgan fingerprint density at radius 1 is 1.00 bits per heavy atom. The molecule has 3 rings (SSSR count). The van der Waals surface area contributed by atoms with Crippen LogP contribution in [0.2, 0.25) is 0 Å². The van der Waals surface area contributed by atoms with Gasteiger partial charge in [0.2, 0.25) is 5.91 Å². The first kappa shape index (κ1) is 17.4. The lowest BCUT2D eigenvalue weighted by atomic mass is 9.71. The maximum atomic E-state index is 13.5. The summed E-state index contributed by atoms with van der Waals surface area (Å²) in [4.78, 5) is 18.0. The van der Waals surface area contributed by atoms with Gasteiger partial charge in [-0.05, 0) is 39.2 Å². The van der Waals surface area contributed by atoms with Gasteiger partial charge in [0.15, 0.2) is 0 Å². The van der Waals surface area contributed by atoms with Crippen LogP contribution >= 0.6 is 0 Å². The molecule has 132 valence electrons. The first-order valence-corrected chi connectivity index (χ1v) is 9.11. The van der Waals surface area contributed by atoms with Crippen LogP contribution in [0.3, 0.4) is 0 Å². The number of morpholine rings is 1. The van der Waals surface area contributed by atoms with E-state index in [4.69, 9.17) is 4.74 Å². The second-order valence-corrected chi connectivity index (χ2v) is 8.01. The molecule has 2 fully saturated rings. The molecule has 4 heteroatoms. The lowest BCUT2D eigenvalue weighted by Crippen LogP contribution is -2.57. The van der Waals surface area contributed by atoms with Crippen molar-refractivity contribution in [3.63, 3.8) is 0 Å². The molecule has 0 saturated carbocycles. The average molecular weight is 330 g/mol. The first-order valence-electron chi connectivity index (χ1n) is 9.11. The van der Waals surface area contributed by atoms with Gasteiger partial charge in [-0.3, -0.25) is 9.69 Å².